The van der Waals surface area contributed by atoms with E-state index in [-0.39, 0.29) is 11.8 Å². The highest BCUT2D eigenvalue weighted by Crippen LogP contribution is 2.15. The Morgan fingerprint density at radius 1 is 1.07 bits per heavy atom. The van der Waals surface area contributed by atoms with Gasteiger partial charge in [-0.15, -0.1) is 0 Å². The minimum Gasteiger partial charge on any atom is -0.480 e. The summed E-state index contributed by atoms with van der Waals surface area (Å²) in [6, 6.07) is 16.9. The monoisotopic (exact) mass is 403 g/mol. The lowest BCUT2D eigenvalue weighted by Gasteiger charge is -2.19. The molecule has 2 aromatic carbocycles. The van der Waals surface area contributed by atoms with Gasteiger partial charge in [-0.1, -0.05) is 60.2 Å². The summed E-state index contributed by atoms with van der Waals surface area (Å²) in [6.07, 6.45) is 0.541. The Kier molecular flexibility index (Phi) is 8.75. The summed E-state index contributed by atoms with van der Waals surface area (Å²) in [5, 5.41) is 12.1. The molecule has 1 amide bonds. The normalized spacial score (nSPS) is 13.0. The fourth-order valence-corrected chi connectivity index (χ4v) is 3.88. The van der Waals surface area contributed by atoms with Crippen LogP contribution in [0.25, 0.3) is 0 Å². The van der Waals surface area contributed by atoms with Crippen LogP contribution >= 0.6 is 24.4 Å². The topological polar surface area (TPSA) is 66.4 Å². The molecule has 0 unspecified atom stereocenters. The predicted octanol–water partition coefficient (Wildman–Crippen LogP) is 3.59. The molecule has 0 saturated heterocycles. The standard InChI is InChI=1S/C21H25NO3S2/c1-15-7-9-17(10-8-15)13-27-14-19(21(24)25)22-20(23)18(12-26)11-16-5-3-2-4-6-16/h2-10,18-19,26H,11-14H2,1H3,(H,22,23)(H,24,25)/t18-,19-/m0/s1. The number of thiol groups is 1. The Morgan fingerprint density at radius 3 is 2.33 bits per heavy atom. The largest absolute Gasteiger partial charge is 0.480 e. The highest BCUT2D eigenvalue weighted by molar-refractivity contribution is 7.98. The number of nitrogens with one attached hydrogen (secondary N) is 1. The summed E-state index contributed by atoms with van der Waals surface area (Å²) < 4.78 is 0. The van der Waals surface area contributed by atoms with E-state index in [1.54, 1.807) is 0 Å². The van der Waals surface area contributed by atoms with E-state index in [4.69, 9.17) is 0 Å². The van der Waals surface area contributed by atoms with Gasteiger partial charge in [-0.3, -0.25) is 4.79 Å². The number of carboxylic acids is 1. The molecule has 0 heterocycles. The van der Waals surface area contributed by atoms with E-state index in [2.05, 4.69) is 17.9 Å². The van der Waals surface area contributed by atoms with Gasteiger partial charge in [0.05, 0.1) is 5.92 Å². The zero-order valence-corrected chi connectivity index (χ0v) is 17.0. The fourth-order valence-electron chi connectivity index (χ4n) is 2.58. The van der Waals surface area contributed by atoms with Crippen LogP contribution in [0.5, 0.6) is 0 Å². The number of aryl methyl sites for hydroxylation is 1. The summed E-state index contributed by atoms with van der Waals surface area (Å²) in [5.41, 5.74) is 3.36. The number of carbonyl (C=O) groups is 2. The molecule has 6 heteroatoms. The molecule has 2 N–H and O–H groups in total. The number of carboxylic acid groups (broad SMARTS) is 1. The second kappa shape index (κ2) is 11.0. The minimum absolute atomic E-state index is 0.266. The highest BCUT2D eigenvalue weighted by Gasteiger charge is 2.24. The fraction of sp³-hybridized carbons (Fsp3) is 0.333. The van der Waals surface area contributed by atoms with Crippen molar-refractivity contribution in [2.45, 2.75) is 25.1 Å². The maximum atomic E-state index is 12.5. The minimum atomic E-state index is -1.02. The van der Waals surface area contributed by atoms with Gasteiger partial charge in [0.1, 0.15) is 6.04 Å². The molecule has 4 nitrogen and oxygen atoms in total. The Bertz CT molecular complexity index is 735. The second-order valence-electron chi connectivity index (χ2n) is 6.47. The maximum Gasteiger partial charge on any atom is 0.327 e. The van der Waals surface area contributed by atoms with Crippen molar-refractivity contribution in [1.29, 1.82) is 0 Å². The number of hydrogen-bond donors (Lipinski definition) is 3. The second-order valence-corrected chi connectivity index (χ2v) is 7.86. The molecule has 2 rings (SSSR count). The van der Waals surface area contributed by atoms with Crippen LogP contribution in [0.3, 0.4) is 0 Å². The van der Waals surface area contributed by atoms with E-state index in [0.29, 0.717) is 23.7 Å². The summed E-state index contributed by atoms with van der Waals surface area (Å²) in [7, 11) is 0. The van der Waals surface area contributed by atoms with Crippen LogP contribution in [0.1, 0.15) is 16.7 Å². The zero-order valence-electron chi connectivity index (χ0n) is 15.3. The van der Waals surface area contributed by atoms with Gasteiger partial charge in [0.2, 0.25) is 5.91 Å². The molecule has 0 radical (unpaired) electrons. The van der Waals surface area contributed by atoms with Gasteiger partial charge >= 0.3 is 5.97 Å². The van der Waals surface area contributed by atoms with E-state index in [9.17, 15) is 14.7 Å². The zero-order chi connectivity index (χ0) is 19.6. The molecular weight excluding hydrogens is 378 g/mol. The molecular formula is C21H25NO3S2. The van der Waals surface area contributed by atoms with Crippen LogP contribution in [0.4, 0.5) is 0 Å². The molecule has 27 heavy (non-hydrogen) atoms. The third-order valence-corrected chi connectivity index (χ3v) is 5.75. The van der Waals surface area contributed by atoms with Crippen molar-refractivity contribution >= 4 is 36.3 Å². The van der Waals surface area contributed by atoms with Crippen molar-refractivity contribution in [3.8, 4) is 0 Å². The van der Waals surface area contributed by atoms with Gasteiger partial charge in [0.15, 0.2) is 0 Å². The van der Waals surface area contributed by atoms with E-state index >= 15 is 0 Å². The van der Waals surface area contributed by atoms with Gasteiger partial charge in [-0.25, -0.2) is 4.79 Å². The third-order valence-electron chi connectivity index (χ3n) is 4.20. The molecule has 0 saturated carbocycles. The first-order valence-corrected chi connectivity index (χ1v) is 10.6. The Balaban J connectivity index is 1.88. The van der Waals surface area contributed by atoms with E-state index in [0.717, 1.165) is 11.1 Å². The van der Waals surface area contributed by atoms with Crippen LogP contribution in [0.2, 0.25) is 0 Å². The van der Waals surface area contributed by atoms with Crippen LogP contribution < -0.4 is 5.32 Å². The van der Waals surface area contributed by atoms with E-state index < -0.39 is 12.0 Å². The molecule has 0 spiro atoms. The van der Waals surface area contributed by atoms with E-state index in [1.165, 1.54) is 17.3 Å². The van der Waals surface area contributed by atoms with Gasteiger partial charge in [-0.05, 0) is 24.5 Å². The van der Waals surface area contributed by atoms with Crippen molar-refractivity contribution in [2.75, 3.05) is 11.5 Å². The smallest absolute Gasteiger partial charge is 0.327 e. The van der Waals surface area contributed by atoms with Crippen molar-refractivity contribution in [1.82, 2.24) is 5.32 Å². The van der Waals surface area contributed by atoms with Gasteiger partial charge in [0, 0.05) is 17.3 Å². The highest BCUT2D eigenvalue weighted by atomic mass is 32.2. The van der Waals surface area contributed by atoms with E-state index in [1.807, 2.05) is 61.5 Å². The number of rotatable bonds is 10. The Hall–Kier alpha value is -1.92. The molecule has 0 fully saturated rings. The first-order chi connectivity index (χ1) is 13.0. The molecule has 0 aliphatic carbocycles. The molecule has 0 bridgehead atoms. The van der Waals surface area contributed by atoms with Crippen LogP contribution in [-0.4, -0.2) is 34.5 Å². The van der Waals surface area contributed by atoms with Gasteiger partial charge in [-0.2, -0.15) is 24.4 Å². The van der Waals surface area contributed by atoms with Crippen LogP contribution in [0, 0.1) is 12.8 Å². The summed E-state index contributed by atoms with van der Waals surface area (Å²) in [6.45, 7) is 2.03. The number of hydrogen-bond acceptors (Lipinski definition) is 4. The van der Waals surface area contributed by atoms with Crippen molar-refractivity contribution in [3.05, 3.63) is 71.3 Å². The van der Waals surface area contributed by atoms with Crippen molar-refractivity contribution in [2.24, 2.45) is 5.92 Å². The van der Waals surface area contributed by atoms with Crippen LogP contribution in [0.15, 0.2) is 54.6 Å². The molecule has 2 aromatic rings. The number of benzene rings is 2. The number of thioether (sulfide) groups is 1. The third kappa shape index (κ3) is 7.31. The average Bonchev–Trinajstić information content (AvgIpc) is 2.67. The Morgan fingerprint density at radius 2 is 1.74 bits per heavy atom. The maximum absolute atomic E-state index is 12.5. The Labute approximate surface area is 170 Å². The number of aliphatic carboxylic acids is 1. The summed E-state index contributed by atoms with van der Waals surface area (Å²) in [5.74, 6) is -0.252. The van der Waals surface area contributed by atoms with Gasteiger partial charge in [0.25, 0.3) is 0 Å². The number of amides is 1. The van der Waals surface area contributed by atoms with Crippen molar-refractivity contribution in [3.63, 3.8) is 0 Å². The SMILES string of the molecule is Cc1ccc(CSC[C@H](NC(=O)[C@H](CS)Cc2ccccc2)C(=O)O)cc1. The lowest BCUT2D eigenvalue weighted by atomic mass is 10.00. The lowest BCUT2D eigenvalue weighted by molar-refractivity contribution is -0.141. The quantitative estimate of drug-likeness (QED) is 0.531. The molecule has 2 atom stereocenters. The first-order valence-electron chi connectivity index (χ1n) is 8.81. The molecule has 0 aromatic heterocycles. The summed E-state index contributed by atoms with van der Waals surface area (Å²) in [4.78, 5) is 24.1. The average molecular weight is 404 g/mol. The van der Waals surface area contributed by atoms with Crippen LogP contribution in [-0.2, 0) is 21.8 Å². The van der Waals surface area contributed by atoms with Crippen molar-refractivity contribution < 1.29 is 14.7 Å². The molecule has 0 aliphatic rings. The molecule has 144 valence electrons. The first kappa shape index (κ1) is 21.4. The number of carbonyl (C=O) groups excluding carboxylic acids is 1. The molecule has 0 aliphatic heterocycles. The predicted molar refractivity (Wildman–Crippen MR) is 114 cm³/mol. The lowest BCUT2D eigenvalue weighted by Crippen LogP contribution is -2.46. The summed E-state index contributed by atoms with van der Waals surface area (Å²) >= 11 is 5.77. The van der Waals surface area contributed by atoms with Gasteiger partial charge < -0.3 is 10.4 Å².